The Balaban J connectivity index is 2.14. The highest BCUT2D eigenvalue weighted by Crippen LogP contribution is 2.26. The van der Waals surface area contributed by atoms with E-state index in [-0.39, 0.29) is 17.8 Å². The van der Waals surface area contributed by atoms with Crippen LogP contribution in [-0.2, 0) is 4.74 Å². The summed E-state index contributed by atoms with van der Waals surface area (Å²) in [7, 11) is 0. The van der Waals surface area contributed by atoms with Crippen LogP contribution in [0.1, 0.15) is 34.9 Å². The summed E-state index contributed by atoms with van der Waals surface area (Å²) >= 11 is 1.24. The molecular weight excluding hydrogens is 244 g/mol. The molecule has 0 spiro atoms. The zero-order valence-corrected chi connectivity index (χ0v) is 10.1. The van der Waals surface area contributed by atoms with E-state index in [1.54, 1.807) is 4.90 Å². The van der Waals surface area contributed by atoms with E-state index in [4.69, 9.17) is 9.84 Å². The van der Waals surface area contributed by atoms with E-state index in [2.05, 4.69) is 4.98 Å². The van der Waals surface area contributed by atoms with Crippen LogP contribution in [0.2, 0.25) is 0 Å². The van der Waals surface area contributed by atoms with Gasteiger partial charge in [0, 0.05) is 11.9 Å². The Bertz CT molecular complexity index is 445. The van der Waals surface area contributed by atoms with Crippen molar-refractivity contribution in [2.75, 3.05) is 13.2 Å². The first-order valence-corrected chi connectivity index (χ1v) is 6.09. The molecule has 92 valence electrons. The molecule has 1 aliphatic heterocycles. The molecular formula is C10H12N2O4S. The molecule has 0 bridgehead atoms. The molecule has 1 aromatic rings. The third kappa shape index (κ3) is 2.38. The molecule has 0 radical (unpaired) electrons. The molecule has 0 aromatic carbocycles. The van der Waals surface area contributed by atoms with E-state index in [1.807, 2.05) is 6.92 Å². The number of aromatic carboxylic acids is 1. The van der Waals surface area contributed by atoms with Crippen LogP contribution >= 0.6 is 11.3 Å². The molecule has 1 aliphatic rings. The first-order valence-electron chi connectivity index (χ1n) is 5.21. The quantitative estimate of drug-likeness (QED) is 0.891. The standard InChI is InChI=1S/C10H12N2O4S/c1-6(12-3-2-4-16-10(12)15)8-11-7(5-17-8)9(13)14/h5-6H,2-4H2,1H3,(H,13,14). The van der Waals surface area contributed by atoms with Gasteiger partial charge in [0.05, 0.1) is 12.6 Å². The Hall–Kier alpha value is -1.63. The predicted octanol–water partition coefficient (Wildman–Crippen LogP) is 1.74. The number of aromatic nitrogens is 1. The van der Waals surface area contributed by atoms with Crippen molar-refractivity contribution in [1.29, 1.82) is 0 Å². The van der Waals surface area contributed by atoms with Crippen LogP contribution in [0.25, 0.3) is 0 Å². The summed E-state index contributed by atoms with van der Waals surface area (Å²) in [6.07, 6.45) is 0.420. The lowest BCUT2D eigenvalue weighted by atomic mass is 10.2. The maximum absolute atomic E-state index is 11.5. The van der Waals surface area contributed by atoms with Crippen LogP contribution in [-0.4, -0.2) is 40.2 Å². The second-order valence-electron chi connectivity index (χ2n) is 3.71. The molecule has 2 heterocycles. The lowest BCUT2D eigenvalue weighted by molar-refractivity contribution is 0.0579. The van der Waals surface area contributed by atoms with Crippen LogP contribution in [0.5, 0.6) is 0 Å². The third-order valence-corrected chi connectivity index (χ3v) is 3.58. The van der Waals surface area contributed by atoms with E-state index in [0.29, 0.717) is 18.2 Å². The minimum absolute atomic E-state index is 0.0160. The van der Waals surface area contributed by atoms with Crippen LogP contribution in [0.4, 0.5) is 4.79 Å². The Morgan fingerprint density at radius 3 is 3.06 bits per heavy atom. The zero-order chi connectivity index (χ0) is 12.4. The van der Waals surface area contributed by atoms with Gasteiger partial charge in [0.15, 0.2) is 5.69 Å². The molecule has 1 fully saturated rings. The van der Waals surface area contributed by atoms with Crippen molar-refractivity contribution < 1.29 is 19.4 Å². The number of hydrogen-bond acceptors (Lipinski definition) is 5. The highest BCUT2D eigenvalue weighted by molar-refractivity contribution is 7.09. The van der Waals surface area contributed by atoms with Gasteiger partial charge in [0.1, 0.15) is 5.01 Å². The monoisotopic (exact) mass is 256 g/mol. The lowest BCUT2D eigenvalue weighted by Gasteiger charge is -2.30. The summed E-state index contributed by atoms with van der Waals surface area (Å²) < 4.78 is 4.93. The molecule has 1 atom stereocenters. The molecule has 1 saturated heterocycles. The molecule has 1 aromatic heterocycles. The summed E-state index contributed by atoms with van der Waals surface area (Å²) in [4.78, 5) is 27.8. The van der Waals surface area contributed by atoms with Gasteiger partial charge in [-0.2, -0.15) is 0 Å². The van der Waals surface area contributed by atoms with Crippen molar-refractivity contribution in [3.8, 4) is 0 Å². The van der Waals surface area contributed by atoms with Crippen LogP contribution in [0, 0.1) is 0 Å². The number of hydrogen-bond donors (Lipinski definition) is 1. The first kappa shape index (κ1) is 11.8. The van der Waals surface area contributed by atoms with Crippen molar-refractivity contribution in [3.63, 3.8) is 0 Å². The fourth-order valence-corrected chi connectivity index (χ4v) is 2.49. The molecule has 6 nitrogen and oxygen atoms in total. The number of carboxylic acid groups (broad SMARTS) is 1. The first-order chi connectivity index (χ1) is 8.09. The summed E-state index contributed by atoms with van der Waals surface area (Å²) in [6, 6.07) is -0.249. The number of thiazole rings is 1. The van der Waals surface area contributed by atoms with Crippen molar-refractivity contribution >= 4 is 23.4 Å². The van der Waals surface area contributed by atoms with E-state index in [0.717, 1.165) is 6.42 Å². The molecule has 2 rings (SSSR count). The van der Waals surface area contributed by atoms with Crippen LogP contribution in [0.15, 0.2) is 5.38 Å². The van der Waals surface area contributed by atoms with E-state index < -0.39 is 5.97 Å². The number of nitrogens with zero attached hydrogens (tertiary/aromatic N) is 2. The fourth-order valence-electron chi connectivity index (χ4n) is 1.63. The molecule has 1 amide bonds. The van der Waals surface area contributed by atoms with E-state index in [1.165, 1.54) is 16.7 Å². The minimum atomic E-state index is -1.05. The average molecular weight is 256 g/mol. The van der Waals surface area contributed by atoms with Crippen LogP contribution in [0.3, 0.4) is 0 Å². The second-order valence-corrected chi connectivity index (χ2v) is 4.60. The fraction of sp³-hybridized carbons (Fsp3) is 0.500. The Morgan fingerprint density at radius 2 is 2.47 bits per heavy atom. The third-order valence-electron chi connectivity index (χ3n) is 2.57. The molecule has 1 unspecified atom stereocenters. The van der Waals surface area contributed by atoms with Gasteiger partial charge in [0.25, 0.3) is 0 Å². The van der Waals surface area contributed by atoms with Crippen molar-refractivity contribution in [2.45, 2.75) is 19.4 Å². The lowest BCUT2D eigenvalue weighted by Crippen LogP contribution is -2.39. The number of ether oxygens (including phenoxy) is 1. The number of carbonyl (C=O) groups excluding carboxylic acids is 1. The summed E-state index contributed by atoms with van der Waals surface area (Å²) in [5.74, 6) is -1.05. The smallest absolute Gasteiger partial charge is 0.410 e. The highest BCUT2D eigenvalue weighted by atomic mass is 32.1. The van der Waals surface area contributed by atoms with Crippen molar-refractivity contribution in [2.24, 2.45) is 0 Å². The van der Waals surface area contributed by atoms with E-state index >= 15 is 0 Å². The van der Waals surface area contributed by atoms with Crippen molar-refractivity contribution in [1.82, 2.24) is 9.88 Å². The number of carboxylic acids is 1. The number of rotatable bonds is 3. The van der Waals surface area contributed by atoms with Gasteiger partial charge in [0.2, 0.25) is 0 Å². The molecule has 0 aliphatic carbocycles. The Kier molecular flexibility index (Phi) is 3.28. The molecule has 17 heavy (non-hydrogen) atoms. The normalized spacial score (nSPS) is 17.7. The molecule has 0 saturated carbocycles. The highest BCUT2D eigenvalue weighted by Gasteiger charge is 2.27. The number of amides is 1. The average Bonchev–Trinajstić information content (AvgIpc) is 2.78. The van der Waals surface area contributed by atoms with Gasteiger partial charge < -0.3 is 9.84 Å². The van der Waals surface area contributed by atoms with E-state index in [9.17, 15) is 9.59 Å². The second kappa shape index (κ2) is 4.70. The Morgan fingerprint density at radius 1 is 1.71 bits per heavy atom. The number of cyclic esters (lactones) is 1. The summed E-state index contributed by atoms with van der Waals surface area (Å²) in [6.45, 7) is 2.87. The predicted molar refractivity (Wildman–Crippen MR) is 60.2 cm³/mol. The van der Waals surface area contributed by atoms with Gasteiger partial charge >= 0.3 is 12.1 Å². The van der Waals surface area contributed by atoms with Gasteiger partial charge in [-0.05, 0) is 13.3 Å². The summed E-state index contributed by atoms with van der Waals surface area (Å²) in [5.41, 5.74) is 0.0160. The summed E-state index contributed by atoms with van der Waals surface area (Å²) in [5, 5.41) is 10.9. The Labute approximate surface area is 102 Å². The maximum atomic E-state index is 11.5. The SMILES string of the molecule is CC(c1nc(C(=O)O)cs1)N1CCCOC1=O. The number of carbonyl (C=O) groups is 2. The molecule has 7 heteroatoms. The van der Waals surface area contributed by atoms with Gasteiger partial charge in [-0.3, -0.25) is 4.90 Å². The van der Waals surface area contributed by atoms with Crippen molar-refractivity contribution in [3.05, 3.63) is 16.1 Å². The van der Waals surface area contributed by atoms with Gasteiger partial charge in [-0.15, -0.1) is 11.3 Å². The van der Waals surface area contributed by atoms with Crippen LogP contribution < -0.4 is 0 Å². The topological polar surface area (TPSA) is 79.7 Å². The molecule has 1 N–H and O–H groups in total. The largest absolute Gasteiger partial charge is 0.476 e. The van der Waals surface area contributed by atoms with Gasteiger partial charge in [-0.1, -0.05) is 0 Å². The zero-order valence-electron chi connectivity index (χ0n) is 9.25. The van der Waals surface area contributed by atoms with Gasteiger partial charge in [-0.25, -0.2) is 14.6 Å². The minimum Gasteiger partial charge on any atom is -0.476 e. The maximum Gasteiger partial charge on any atom is 0.410 e.